The first kappa shape index (κ1) is 19.8. The SMILES string of the molecule is CC(C)c1ncnc(C(C)C)c1-n1c(=O)cc(O)c2cc(Cl)c(Br)c(F)c21. The molecule has 0 saturated carbocycles. The van der Waals surface area contributed by atoms with E-state index in [1.54, 1.807) is 0 Å². The molecule has 142 valence electrons. The van der Waals surface area contributed by atoms with Crippen LogP contribution in [0.3, 0.4) is 0 Å². The number of benzene rings is 1. The number of aromatic nitrogens is 3. The standard InChI is InChI=1S/C19H18BrClFN3O2/c1-8(2)16-19(17(9(3)4)24-7-23-16)25-13(27)6-12(26)10-5-11(21)14(20)15(22)18(10)25/h5-9,26H,1-4H3. The molecule has 0 aliphatic heterocycles. The maximum absolute atomic E-state index is 15.2. The Morgan fingerprint density at radius 2 is 1.70 bits per heavy atom. The first-order valence-corrected chi connectivity index (χ1v) is 9.59. The number of rotatable bonds is 3. The third-order valence-corrected chi connectivity index (χ3v) is 5.61. The van der Waals surface area contributed by atoms with Crippen molar-refractivity contribution in [1.82, 2.24) is 14.5 Å². The highest BCUT2D eigenvalue weighted by atomic mass is 79.9. The summed E-state index contributed by atoms with van der Waals surface area (Å²) in [6, 6.07) is 2.47. The van der Waals surface area contributed by atoms with Crippen LogP contribution in [-0.4, -0.2) is 19.6 Å². The van der Waals surface area contributed by atoms with Crippen molar-refractivity contribution in [3.05, 3.63) is 55.5 Å². The van der Waals surface area contributed by atoms with Crippen LogP contribution in [-0.2, 0) is 0 Å². The lowest BCUT2D eigenvalue weighted by Gasteiger charge is -2.21. The summed E-state index contributed by atoms with van der Waals surface area (Å²) in [7, 11) is 0. The highest BCUT2D eigenvalue weighted by Gasteiger charge is 2.24. The fraction of sp³-hybridized carbons (Fsp3) is 0.316. The molecule has 0 radical (unpaired) electrons. The van der Waals surface area contributed by atoms with Gasteiger partial charge in [-0.05, 0) is 33.8 Å². The summed E-state index contributed by atoms with van der Waals surface area (Å²) in [5.74, 6) is -1.14. The molecule has 0 saturated heterocycles. The number of hydrogen-bond donors (Lipinski definition) is 1. The molecule has 0 aliphatic carbocycles. The first-order valence-electron chi connectivity index (χ1n) is 8.42. The summed E-state index contributed by atoms with van der Waals surface area (Å²) in [6.07, 6.45) is 1.45. The number of fused-ring (bicyclic) bond motifs is 1. The van der Waals surface area contributed by atoms with E-state index in [-0.39, 0.29) is 38.0 Å². The maximum atomic E-state index is 15.2. The predicted octanol–water partition coefficient (Wildman–Crippen LogP) is 5.29. The molecule has 8 heteroatoms. The number of halogens is 3. The number of pyridine rings is 1. The van der Waals surface area contributed by atoms with Crippen molar-refractivity contribution in [1.29, 1.82) is 0 Å². The van der Waals surface area contributed by atoms with Crippen molar-refractivity contribution in [2.75, 3.05) is 0 Å². The Labute approximate surface area is 169 Å². The van der Waals surface area contributed by atoms with E-state index in [2.05, 4.69) is 25.9 Å². The van der Waals surface area contributed by atoms with Gasteiger partial charge in [0, 0.05) is 11.5 Å². The van der Waals surface area contributed by atoms with Gasteiger partial charge in [-0.15, -0.1) is 0 Å². The number of nitrogens with zero attached hydrogens (tertiary/aromatic N) is 3. The van der Waals surface area contributed by atoms with Crippen LogP contribution in [0.25, 0.3) is 16.6 Å². The minimum Gasteiger partial charge on any atom is -0.507 e. The van der Waals surface area contributed by atoms with Crippen LogP contribution in [0.5, 0.6) is 5.75 Å². The summed E-state index contributed by atoms with van der Waals surface area (Å²) >= 11 is 9.17. The average molecular weight is 455 g/mol. The summed E-state index contributed by atoms with van der Waals surface area (Å²) in [6.45, 7) is 7.75. The maximum Gasteiger partial charge on any atom is 0.259 e. The van der Waals surface area contributed by atoms with Gasteiger partial charge in [-0.1, -0.05) is 39.3 Å². The molecule has 0 atom stereocenters. The molecule has 1 aromatic carbocycles. The van der Waals surface area contributed by atoms with Gasteiger partial charge in [0.25, 0.3) is 5.56 Å². The molecule has 0 amide bonds. The van der Waals surface area contributed by atoms with Crippen molar-refractivity contribution in [3.63, 3.8) is 0 Å². The van der Waals surface area contributed by atoms with E-state index in [0.29, 0.717) is 17.1 Å². The fourth-order valence-electron chi connectivity index (χ4n) is 3.07. The Bertz CT molecular complexity index is 1090. The van der Waals surface area contributed by atoms with Gasteiger partial charge in [0.2, 0.25) is 0 Å². The Kier molecular flexibility index (Phi) is 5.27. The zero-order chi connectivity index (χ0) is 20.0. The zero-order valence-electron chi connectivity index (χ0n) is 15.2. The third kappa shape index (κ3) is 3.23. The minimum absolute atomic E-state index is 0.0180. The third-order valence-electron chi connectivity index (χ3n) is 4.31. The Balaban J connectivity index is 2.62. The van der Waals surface area contributed by atoms with E-state index in [0.717, 1.165) is 6.07 Å². The van der Waals surface area contributed by atoms with Crippen molar-refractivity contribution < 1.29 is 9.50 Å². The van der Waals surface area contributed by atoms with E-state index < -0.39 is 11.4 Å². The van der Waals surface area contributed by atoms with E-state index in [1.807, 2.05) is 27.7 Å². The molecule has 27 heavy (non-hydrogen) atoms. The molecular formula is C19H18BrClFN3O2. The molecule has 2 aromatic heterocycles. The average Bonchev–Trinajstić information content (AvgIpc) is 2.60. The fourth-order valence-corrected chi connectivity index (χ4v) is 3.57. The van der Waals surface area contributed by atoms with Crippen LogP contribution >= 0.6 is 27.5 Å². The van der Waals surface area contributed by atoms with Crippen LogP contribution in [0.15, 0.2) is 27.7 Å². The highest BCUT2D eigenvalue weighted by Crippen LogP contribution is 2.37. The van der Waals surface area contributed by atoms with Gasteiger partial charge in [-0.2, -0.15) is 0 Å². The van der Waals surface area contributed by atoms with Crippen LogP contribution in [0.4, 0.5) is 4.39 Å². The molecule has 5 nitrogen and oxygen atoms in total. The lowest BCUT2D eigenvalue weighted by Crippen LogP contribution is -2.23. The van der Waals surface area contributed by atoms with E-state index >= 15 is 4.39 Å². The van der Waals surface area contributed by atoms with E-state index in [1.165, 1.54) is 17.0 Å². The second kappa shape index (κ2) is 7.20. The number of aromatic hydroxyl groups is 1. The van der Waals surface area contributed by atoms with Crippen LogP contribution in [0.1, 0.15) is 50.9 Å². The Morgan fingerprint density at radius 3 is 2.22 bits per heavy atom. The summed E-state index contributed by atoms with van der Waals surface area (Å²) < 4.78 is 16.4. The monoisotopic (exact) mass is 453 g/mol. The molecule has 3 rings (SSSR count). The molecule has 0 aliphatic rings. The van der Waals surface area contributed by atoms with Crippen LogP contribution < -0.4 is 5.56 Å². The molecule has 2 heterocycles. The van der Waals surface area contributed by atoms with Gasteiger partial charge in [-0.25, -0.2) is 14.4 Å². The topological polar surface area (TPSA) is 68.0 Å². The Hall–Kier alpha value is -1.99. The highest BCUT2D eigenvalue weighted by molar-refractivity contribution is 9.10. The molecule has 3 aromatic rings. The van der Waals surface area contributed by atoms with Crippen molar-refractivity contribution in [2.24, 2.45) is 0 Å². The van der Waals surface area contributed by atoms with Crippen molar-refractivity contribution in [2.45, 2.75) is 39.5 Å². The first-order chi connectivity index (χ1) is 12.6. The minimum atomic E-state index is -0.737. The van der Waals surface area contributed by atoms with Gasteiger partial charge in [0.1, 0.15) is 12.1 Å². The number of hydrogen-bond acceptors (Lipinski definition) is 4. The van der Waals surface area contributed by atoms with Gasteiger partial charge in [0.05, 0.1) is 32.1 Å². The summed E-state index contributed by atoms with van der Waals surface area (Å²) in [4.78, 5) is 21.6. The lowest BCUT2D eigenvalue weighted by atomic mass is 10.0. The lowest BCUT2D eigenvalue weighted by molar-refractivity contribution is 0.479. The smallest absolute Gasteiger partial charge is 0.259 e. The van der Waals surface area contributed by atoms with Gasteiger partial charge < -0.3 is 5.11 Å². The molecule has 0 bridgehead atoms. The normalized spacial score (nSPS) is 11.7. The Morgan fingerprint density at radius 1 is 1.15 bits per heavy atom. The second-order valence-electron chi connectivity index (χ2n) is 6.89. The van der Waals surface area contributed by atoms with Crippen molar-refractivity contribution >= 4 is 38.4 Å². The second-order valence-corrected chi connectivity index (χ2v) is 8.09. The predicted molar refractivity (Wildman–Crippen MR) is 108 cm³/mol. The quantitative estimate of drug-likeness (QED) is 0.546. The molecule has 0 unspecified atom stereocenters. The molecule has 0 fully saturated rings. The van der Waals surface area contributed by atoms with Gasteiger partial charge >= 0.3 is 0 Å². The largest absolute Gasteiger partial charge is 0.507 e. The van der Waals surface area contributed by atoms with Gasteiger partial charge in [0.15, 0.2) is 5.82 Å². The van der Waals surface area contributed by atoms with Crippen LogP contribution in [0.2, 0.25) is 5.02 Å². The summed E-state index contributed by atoms with van der Waals surface area (Å²) in [5.41, 5.74) is 1.02. The molecule has 1 N–H and O–H groups in total. The van der Waals surface area contributed by atoms with E-state index in [9.17, 15) is 9.90 Å². The van der Waals surface area contributed by atoms with E-state index in [4.69, 9.17) is 11.6 Å². The zero-order valence-corrected chi connectivity index (χ0v) is 17.6. The molecular weight excluding hydrogens is 437 g/mol. The van der Waals surface area contributed by atoms with Gasteiger partial charge in [-0.3, -0.25) is 9.36 Å². The molecule has 0 spiro atoms. The summed E-state index contributed by atoms with van der Waals surface area (Å²) in [5, 5.41) is 10.5. The van der Waals surface area contributed by atoms with Crippen molar-refractivity contribution in [3.8, 4) is 11.4 Å². The van der Waals surface area contributed by atoms with Crippen LogP contribution in [0, 0.1) is 5.82 Å².